The van der Waals surface area contributed by atoms with Crippen molar-refractivity contribution in [2.75, 3.05) is 10.3 Å². The fourth-order valence-electron chi connectivity index (χ4n) is 3.47. The van der Waals surface area contributed by atoms with Crippen molar-refractivity contribution in [3.8, 4) is 0 Å². The zero-order valence-corrected chi connectivity index (χ0v) is 21.4. The number of nitrogens with two attached hydrogens (primary N) is 1. The van der Waals surface area contributed by atoms with E-state index in [9.17, 15) is 24.3 Å². The Bertz CT molecular complexity index is 1510. The maximum atomic E-state index is 13.2. The largest absolute Gasteiger partial charge is 0.478 e. The third kappa shape index (κ3) is 7.84. The number of carboxylic acids is 2. The summed E-state index contributed by atoms with van der Waals surface area (Å²) in [6.45, 7) is 3.23. The summed E-state index contributed by atoms with van der Waals surface area (Å²) in [6, 6.07) is 14.3. The van der Waals surface area contributed by atoms with Crippen molar-refractivity contribution in [3.05, 3.63) is 100 Å². The molecule has 0 saturated carbocycles. The van der Waals surface area contributed by atoms with Gasteiger partial charge in [-0.05, 0) is 66.2 Å². The molecule has 3 aromatic carbocycles. The number of rotatable bonds is 11. The molecule has 0 fully saturated rings. The van der Waals surface area contributed by atoms with Crippen molar-refractivity contribution in [2.24, 2.45) is 16.0 Å². The highest BCUT2D eigenvalue weighted by Crippen LogP contribution is 2.24. The smallest absolute Gasteiger partial charge is 0.335 e. The number of hydrogen-bond acceptors (Lipinski definition) is 7. The average Bonchev–Trinajstić information content (AvgIpc) is 2.93. The van der Waals surface area contributed by atoms with E-state index in [2.05, 4.69) is 27.6 Å². The first-order chi connectivity index (χ1) is 19.1. The lowest BCUT2D eigenvalue weighted by molar-refractivity contribution is -0.123. The number of carbonyl (C=O) groups is 4. The molecule has 3 rings (SSSR count). The SMILES string of the molecule is C=N/N=C\N(N)c1ccc(Cl)cc1/C=C/C(=O)NC(C(=O)Nc1ccc(C(=O)O)cc1)c1cccc(C(=O)O)c1. The summed E-state index contributed by atoms with van der Waals surface area (Å²) >= 11 is 6.10. The van der Waals surface area contributed by atoms with E-state index in [0.717, 1.165) is 11.1 Å². The van der Waals surface area contributed by atoms with Crippen LogP contribution >= 0.6 is 11.6 Å². The Labute approximate surface area is 233 Å². The van der Waals surface area contributed by atoms with Gasteiger partial charge in [0, 0.05) is 29.1 Å². The molecule has 0 aliphatic rings. The van der Waals surface area contributed by atoms with E-state index < -0.39 is 29.8 Å². The van der Waals surface area contributed by atoms with E-state index in [0.29, 0.717) is 16.3 Å². The zero-order chi connectivity index (χ0) is 29.2. The molecule has 0 spiro atoms. The number of halogens is 1. The van der Waals surface area contributed by atoms with E-state index in [-0.39, 0.29) is 22.4 Å². The van der Waals surface area contributed by atoms with Crippen molar-refractivity contribution in [1.29, 1.82) is 0 Å². The molecule has 12 nitrogen and oxygen atoms in total. The van der Waals surface area contributed by atoms with E-state index in [1.807, 2.05) is 0 Å². The van der Waals surface area contributed by atoms with Crippen LogP contribution < -0.4 is 21.5 Å². The summed E-state index contributed by atoms with van der Waals surface area (Å²) in [5.74, 6) is 2.21. The number of aromatic carboxylic acids is 2. The molecule has 0 bridgehead atoms. The van der Waals surface area contributed by atoms with Crippen LogP contribution in [0, 0.1) is 0 Å². The number of hydrazine groups is 1. The van der Waals surface area contributed by atoms with Crippen LogP contribution in [0.5, 0.6) is 0 Å². The fraction of sp³-hybridized carbons (Fsp3) is 0.0370. The molecular formula is C27H23ClN6O6. The second kappa shape index (κ2) is 13.5. The average molecular weight is 563 g/mol. The van der Waals surface area contributed by atoms with Crippen LogP contribution in [0.25, 0.3) is 6.08 Å². The Balaban J connectivity index is 1.89. The first kappa shape index (κ1) is 29.2. The minimum atomic E-state index is -1.31. The highest BCUT2D eigenvalue weighted by atomic mass is 35.5. The first-order valence-electron chi connectivity index (χ1n) is 11.4. The minimum absolute atomic E-state index is 0.0191. The van der Waals surface area contributed by atoms with Gasteiger partial charge in [-0.3, -0.25) is 14.6 Å². The molecule has 0 aliphatic carbocycles. The van der Waals surface area contributed by atoms with Gasteiger partial charge in [-0.1, -0.05) is 23.7 Å². The Kier molecular flexibility index (Phi) is 9.84. The van der Waals surface area contributed by atoms with Crippen LogP contribution in [0.1, 0.15) is 37.9 Å². The van der Waals surface area contributed by atoms with Gasteiger partial charge in [0.1, 0.15) is 12.4 Å². The summed E-state index contributed by atoms with van der Waals surface area (Å²) in [6.07, 6.45) is 3.76. The number of anilines is 2. The van der Waals surface area contributed by atoms with E-state index >= 15 is 0 Å². The number of hydrogen-bond donors (Lipinski definition) is 5. The Morgan fingerprint density at radius 2 is 1.68 bits per heavy atom. The number of carbonyl (C=O) groups excluding carboxylic acids is 2. The maximum Gasteiger partial charge on any atom is 0.335 e. The standard InChI is InChI=1S/C27H23ClN6O6/c1-30-31-15-34(29)22-11-8-20(28)14-17(22)7-12-23(35)33-24(18-3-2-4-19(13-18)27(39)40)25(36)32-21-9-5-16(6-10-21)26(37)38/h2-15,24H,1,29H2,(H,32,36)(H,33,35)(H,37,38)(H,39,40)/b12-7+,31-15-. The second-order valence-corrected chi connectivity index (χ2v) is 8.50. The molecule has 40 heavy (non-hydrogen) atoms. The van der Waals surface area contributed by atoms with Gasteiger partial charge >= 0.3 is 11.9 Å². The van der Waals surface area contributed by atoms with Gasteiger partial charge in [0.25, 0.3) is 5.91 Å². The van der Waals surface area contributed by atoms with Crippen molar-refractivity contribution in [2.45, 2.75) is 6.04 Å². The molecule has 1 atom stereocenters. The predicted octanol–water partition coefficient (Wildman–Crippen LogP) is 3.57. The van der Waals surface area contributed by atoms with Gasteiger partial charge < -0.3 is 20.8 Å². The summed E-state index contributed by atoms with van der Waals surface area (Å²) in [5, 5.41) is 32.1. The van der Waals surface area contributed by atoms with Crippen LogP contribution in [0.15, 0.2) is 83.0 Å². The van der Waals surface area contributed by atoms with Crippen LogP contribution in [0.2, 0.25) is 5.02 Å². The van der Waals surface area contributed by atoms with Gasteiger partial charge in [-0.25, -0.2) is 15.4 Å². The lowest BCUT2D eigenvalue weighted by Crippen LogP contribution is -2.36. The van der Waals surface area contributed by atoms with Crippen molar-refractivity contribution >= 4 is 65.9 Å². The van der Waals surface area contributed by atoms with Gasteiger partial charge in [-0.15, -0.1) is 5.10 Å². The lowest BCUT2D eigenvalue weighted by Gasteiger charge is -2.19. The monoisotopic (exact) mass is 562 g/mol. The van der Waals surface area contributed by atoms with E-state index in [1.165, 1.54) is 60.9 Å². The highest BCUT2D eigenvalue weighted by molar-refractivity contribution is 6.30. The Hall–Kier alpha value is -5.33. The number of carboxylic acid groups (broad SMARTS) is 2. The molecule has 0 aliphatic heterocycles. The Morgan fingerprint density at radius 1 is 0.975 bits per heavy atom. The second-order valence-electron chi connectivity index (χ2n) is 8.06. The van der Waals surface area contributed by atoms with Crippen LogP contribution in [-0.2, 0) is 9.59 Å². The molecule has 1 unspecified atom stereocenters. The van der Waals surface area contributed by atoms with E-state index in [1.54, 1.807) is 18.2 Å². The predicted molar refractivity (Wildman–Crippen MR) is 152 cm³/mol. The van der Waals surface area contributed by atoms with Crippen molar-refractivity contribution < 1.29 is 29.4 Å². The molecule has 13 heteroatoms. The number of benzene rings is 3. The molecule has 6 N–H and O–H groups in total. The number of amides is 2. The highest BCUT2D eigenvalue weighted by Gasteiger charge is 2.23. The summed E-state index contributed by atoms with van der Waals surface area (Å²) in [4.78, 5) is 48.8. The number of nitrogens with one attached hydrogen (secondary N) is 2. The van der Waals surface area contributed by atoms with Gasteiger partial charge in [-0.2, -0.15) is 5.10 Å². The lowest BCUT2D eigenvalue weighted by atomic mass is 10.0. The van der Waals surface area contributed by atoms with Crippen molar-refractivity contribution in [3.63, 3.8) is 0 Å². The van der Waals surface area contributed by atoms with Gasteiger partial charge in [0.2, 0.25) is 5.91 Å². The zero-order valence-electron chi connectivity index (χ0n) is 20.7. The minimum Gasteiger partial charge on any atom is -0.478 e. The van der Waals surface area contributed by atoms with Gasteiger partial charge in [0.15, 0.2) is 0 Å². The van der Waals surface area contributed by atoms with Crippen LogP contribution in [0.3, 0.4) is 0 Å². The molecule has 0 radical (unpaired) electrons. The molecular weight excluding hydrogens is 540 g/mol. The van der Waals surface area contributed by atoms with Crippen molar-refractivity contribution in [1.82, 2.24) is 5.32 Å². The Morgan fingerprint density at radius 3 is 2.33 bits per heavy atom. The summed E-state index contributed by atoms with van der Waals surface area (Å²) in [5.41, 5.74) is 1.26. The third-order valence-corrected chi connectivity index (χ3v) is 5.59. The molecule has 3 aromatic rings. The summed E-state index contributed by atoms with van der Waals surface area (Å²) in [7, 11) is 0. The molecule has 204 valence electrons. The normalized spacial score (nSPS) is 11.7. The van der Waals surface area contributed by atoms with Crippen LogP contribution in [0.4, 0.5) is 11.4 Å². The van der Waals surface area contributed by atoms with Gasteiger partial charge in [0.05, 0.1) is 16.8 Å². The maximum absolute atomic E-state index is 13.2. The first-order valence-corrected chi connectivity index (χ1v) is 11.8. The summed E-state index contributed by atoms with van der Waals surface area (Å²) < 4.78 is 0. The molecule has 0 saturated heterocycles. The molecule has 2 amide bonds. The third-order valence-electron chi connectivity index (χ3n) is 5.35. The number of nitrogens with zero attached hydrogens (tertiary/aromatic N) is 3. The van der Waals surface area contributed by atoms with Crippen LogP contribution in [-0.4, -0.2) is 47.0 Å². The topological polar surface area (TPSA) is 187 Å². The fourth-order valence-corrected chi connectivity index (χ4v) is 3.65. The molecule has 0 heterocycles. The van der Waals surface area contributed by atoms with E-state index in [4.69, 9.17) is 22.6 Å². The quantitative estimate of drug-likeness (QED) is 0.0770. The molecule has 0 aromatic heterocycles.